The molecule has 2 unspecified atom stereocenters. The number of nitrogens with two attached hydrogens (primary N) is 1. The van der Waals surface area contributed by atoms with Crippen molar-refractivity contribution in [3.63, 3.8) is 0 Å². The summed E-state index contributed by atoms with van der Waals surface area (Å²) in [7, 11) is 0. The van der Waals surface area contributed by atoms with Crippen LogP contribution in [0.1, 0.15) is 57.6 Å². The van der Waals surface area contributed by atoms with E-state index in [1.165, 1.54) is 18.6 Å². The Morgan fingerprint density at radius 2 is 1.79 bits per heavy atom. The van der Waals surface area contributed by atoms with Crippen molar-refractivity contribution < 1.29 is 8.78 Å². The van der Waals surface area contributed by atoms with Crippen LogP contribution in [-0.4, -0.2) is 0 Å². The van der Waals surface area contributed by atoms with Gasteiger partial charge in [0, 0.05) is 12.1 Å². The summed E-state index contributed by atoms with van der Waals surface area (Å²) in [5.41, 5.74) is 3.26. The smallest absolute Gasteiger partial charge is 0.126 e. The molecule has 3 N–H and O–H groups in total. The van der Waals surface area contributed by atoms with Crippen LogP contribution in [0.25, 0.3) is 0 Å². The number of hydrogen-bond acceptors (Lipinski definition) is 2. The number of unbranched alkanes of at least 4 members (excludes halogenated alkanes) is 1. The molecule has 1 aromatic rings. The van der Waals surface area contributed by atoms with E-state index < -0.39 is 11.6 Å². The second-order valence-electron chi connectivity index (χ2n) is 5.07. The molecule has 4 heteroatoms. The lowest BCUT2D eigenvalue weighted by Gasteiger charge is -2.22. The first-order chi connectivity index (χ1) is 9.10. The van der Waals surface area contributed by atoms with Gasteiger partial charge in [-0.05, 0) is 30.0 Å². The van der Waals surface area contributed by atoms with Gasteiger partial charge in [-0.2, -0.15) is 0 Å². The Labute approximate surface area is 114 Å². The molecule has 0 saturated heterocycles. The van der Waals surface area contributed by atoms with E-state index in [1.807, 2.05) is 0 Å². The molecule has 0 bridgehead atoms. The highest BCUT2D eigenvalue weighted by Crippen LogP contribution is 2.27. The highest BCUT2D eigenvalue weighted by Gasteiger charge is 2.17. The van der Waals surface area contributed by atoms with Gasteiger partial charge in [-0.25, -0.2) is 8.78 Å². The highest BCUT2D eigenvalue weighted by molar-refractivity contribution is 5.21. The molecule has 0 aromatic heterocycles. The van der Waals surface area contributed by atoms with Crippen LogP contribution in [-0.2, 0) is 0 Å². The lowest BCUT2D eigenvalue weighted by Crippen LogP contribution is -2.30. The summed E-state index contributed by atoms with van der Waals surface area (Å²) in [6.07, 6.45) is 5.31. The monoisotopic (exact) mass is 270 g/mol. The fourth-order valence-electron chi connectivity index (χ4n) is 2.39. The van der Waals surface area contributed by atoms with Crippen molar-refractivity contribution in [3.8, 4) is 0 Å². The van der Waals surface area contributed by atoms with Gasteiger partial charge in [0.05, 0.1) is 0 Å². The van der Waals surface area contributed by atoms with Crippen LogP contribution in [0.5, 0.6) is 0 Å². The summed E-state index contributed by atoms with van der Waals surface area (Å²) in [6, 6.07) is 3.37. The molecule has 108 valence electrons. The van der Waals surface area contributed by atoms with Crippen molar-refractivity contribution in [3.05, 3.63) is 35.4 Å². The summed E-state index contributed by atoms with van der Waals surface area (Å²) < 4.78 is 26.5. The van der Waals surface area contributed by atoms with Crippen molar-refractivity contribution in [1.82, 2.24) is 5.43 Å². The van der Waals surface area contributed by atoms with Crippen LogP contribution < -0.4 is 11.3 Å². The average molecular weight is 270 g/mol. The van der Waals surface area contributed by atoms with Gasteiger partial charge in [0.15, 0.2) is 0 Å². The predicted octanol–water partition coefficient (Wildman–Crippen LogP) is 4.08. The molecule has 0 heterocycles. The summed E-state index contributed by atoms with van der Waals surface area (Å²) in [5, 5.41) is 0. The lowest BCUT2D eigenvalue weighted by atomic mass is 9.89. The molecule has 0 fully saturated rings. The molecular weight excluding hydrogens is 246 g/mol. The summed E-state index contributed by atoms with van der Waals surface area (Å²) in [5.74, 6) is 4.95. The molecule has 0 aliphatic carbocycles. The van der Waals surface area contributed by atoms with E-state index in [-0.39, 0.29) is 6.04 Å². The van der Waals surface area contributed by atoms with Gasteiger partial charge >= 0.3 is 0 Å². The lowest BCUT2D eigenvalue weighted by molar-refractivity contribution is 0.355. The Morgan fingerprint density at radius 1 is 1.16 bits per heavy atom. The van der Waals surface area contributed by atoms with Gasteiger partial charge in [0.1, 0.15) is 11.6 Å². The minimum absolute atomic E-state index is 0.202. The summed E-state index contributed by atoms with van der Waals surface area (Å²) >= 11 is 0. The summed E-state index contributed by atoms with van der Waals surface area (Å²) in [4.78, 5) is 0. The van der Waals surface area contributed by atoms with E-state index in [4.69, 9.17) is 5.84 Å². The van der Waals surface area contributed by atoms with Gasteiger partial charge in [-0.15, -0.1) is 0 Å². The van der Waals surface area contributed by atoms with E-state index in [2.05, 4.69) is 19.3 Å². The minimum Gasteiger partial charge on any atom is -0.271 e. The first-order valence-corrected chi connectivity index (χ1v) is 7.02. The van der Waals surface area contributed by atoms with E-state index in [0.717, 1.165) is 31.7 Å². The van der Waals surface area contributed by atoms with Gasteiger partial charge in [0.25, 0.3) is 0 Å². The first-order valence-electron chi connectivity index (χ1n) is 7.02. The Hall–Kier alpha value is -1.00. The van der Waals surface area contributed by atoms with Crippen molar-refractivity contribution >= 4 is 0 Å². The van der Waals surface area contributed by atoms with Gasteiger partial charge in [-0.1, -0.05) is 39.5 Å². The Bertz CT molecular complexity index is 362. The molecule has 0 saturated carbocycles. The molecule has 0 spiro atoms. The average Bonchev–Trinajstić information content (AvgIpc) is 2.38. The molecule has 19 heavy (non-hydrogen) atoms. The number of hydrazine groups is 1. The number of benzene rings is 1. The standard InChI is InChI=1S/C15H24F2N2/c1-3-5-6-11(4-2)7-15(19-18)12-8-13(16)10-14(17)9-12/h8-11,15,19H,3-7,18H2,1-2H3. The predicted molar refractivity (Wildman–Crippen MR) is 74.3 cm³/mol. The van der Waals surface area contributed by atoms with Crippen LogP contribution in [0.15, 0.2) is 18.2 Å². The number of rotatable bonds is 8. The zero-order valence-corrected chi connectivity index (χ0v) is 11.8. The molecule has 2 nitrogen and oxygen atoms in total. The Kier molecular flexibility index (Phi) is 6.95. The van der Waals surface area contributed by atoms with E-state index in [0.29, 0.717) is 11.5 Å². The molecule has 0 amide bonds. The van der Waals surface area contributed by atoms with Crippen LogP contribution in [0.3, 0.4) is 0 Å². The largest absolute Gasteiger partial charge is 0.271 e. The second kappa shape index (κ2) is 8.23. The first kappa shape index (κ1) is 16.1. The molecule has 1 aromatic carbocycles. The van der Waals surface area contributed by atoms with E-state index in [1.54, 1.807) is 0 Å². The van der Waals surface area contributed by atoms with Crippen LogP contribution in [0, 0.1) is 17.6 Å². The van der Waals surface area contributed by atoms with Gasteiger partial charge in [0.2, 0.25) is 0 Å². The normalized spacial score (nSPS) is 14.4. The number of nitrogens with one attached hydrogen (secondary N) is 1. The van der Waals surface area contributed by atoms with Crippen LogP contribution in [0.2, 0.25) is 0 Å². The topological polar surface area (TPSA) is 38.0 Å². The van der Waals surface area contributed by atoms with Crippen molar-refractivity contribution in [2.45, 2.75) is 52.0 Å². The molecule has 0 aliphatic heterocycles. The van der Waals surface area contributed by atoms with Crippen LogP contribution >= 0.6 is 0 Å². The fourth-order valence-corrected chi connectivity index (χ4v) is 2.39. The SMILES string of the molecule is CCCCC(CC)CC(NN)c1cc(F)cc(F)c1. The fraction of sp³-hybridized carbons (Fsp3) is 0.600. The van der Waals surface area contributed by atoms with Crippen molar-refractivity contribution in [2.24, 2.45) is 11.8 Å². The maximum Gasteiger partial charge on any atom is 0.126 e. The maximum absolute atomic E-state index is 13.2. The maximum atomic E-state index is 13.2. The third kappa shape index (κ3) is 5.25. The highest BCUT2D eigenvalue weighted by atomic mass is 19.1. The van der Waals surface area contributed by atoms with E-state index >= 15 is 0 Å². The molecule has 1 rings (SSSR count). The quantitative estimate of drug-likeness (QED) is 0.552. The zero-order valence-electron chi connectivity index (χ0n) is 11.8. The van der Waals surface area contributed by atoms with Gasteiger partial charge in [-0.3, -0.25) is 11.3 Å². The molecule has 2 atom stereocenters. The zero-order chi connectivity index (χ0) is 14.3. The number of hydrogen-bond donors (Lipinski definition) is 2. The number of halogens is 2. The molecule has 0 radical (unpaired) electrons. The Morgan fingerprint density at radius 3 is 2.26 bits per heavy atom. The third-order valence-corrected chi connectivity index (χ3v) is 3.60. The van der Waals surface area contributed by atoms with Gasteiger partial charge < -0.3 is 0 Å². The Balaban J connectivity index is 2.75. The summed E-state index contributed by atoms with van der Waals surface area (Å²) in [6.45, 7) is 4.30. The van der Waals surface area contributed by atoms with E-state index in [9.17, 15) is 8.78 Å². The van der Waals surface area contributed by atoms with Crippen LogP contribution in [0.4, 0.5) is 8.78 Å². The molecular formula is C15H24F2N2. The molecule has 0 aliphatic rings. The van der Waals surface area contributed by atoms with Crippen molar-refractivity contribution in [1.29, 1.82) is 0 Å². The minimum atomic E-state index is -0.558. The second-order valence-corrected chi connectivity index (χ2v) is 5.07. The van der Waals surface area contributed by atoms with Crippen molar-refractivity contribution in [2.75, 3.05) is 0 Å². The third-order valence-electron chi connectivity index (χ3n) is 3.60.